The molecule has 0 N–H and O–H groups in total. The van der Waals surface area contributed by atoms with Crippen molar-refractivity contribution in [2.75, 3.05) is 6.54 Å². The summed E-state index contributed by atoms with van der Waals surface area (Å²) in [6, 6.07) is 10.6. The van der Waals surface area contributed by atoms with Gasteiger partial charge < -0.3 is 9.42 Å². The molecule has 0 saturated carbocycles. The maximum absolute atomic E-state index is 12.8. The smallest absolute Gasteiger partial charge is 0.240 e. The normalized spacial score (nSPS) is 16.5. The van der Waals surface area contributed by atoms with Crippen molar-refractivity contribution >= 4 is 5.91 Å². The number of hydrogen-bond donors (Lipinski definition) is 0. The molecule has 0 aliphatic carbocycles. The average molecular weight is 377 g/mol. The molecule has 1 fully saturated rings. The van der Waals surface area contributed by atoms with Crippen molar-refractivity contribution in [1.82, 2.24) is 25.0 Å². The number of carbonyl (C=O) groups is 1. The number of hydrogen-bond acceptors (Lipinski definition) is 6. The van der Waals surface area contributed by atoms with Crippen LogP contribution >= 0.6 is 0 Å². The number of amides is 1. The largest absolute Gasteiger partial charge is 0.339 e. The van der Waals surface area contributed by atoms with Crippen LogP contribution in [0.3, 0.4) is 0 Å². The van der Waals surface area contributed by atoms with Crippen molar-refractivity contribution < 1.29 is 9.32 Å². The Balaban J connectivity index is 1.34. The summed E-state index contributed by atoms with van der Waals surface area (Å²) in [4.78, 5) is 27.3. The quantitative estimate of drug-likeness (QED) is 0.656. The SMILES string of the molecule is Cc1ccc(CC2CCCN2C(=O)CCc2nc(-c3ncccn3)no2)cc1. The van der Waals surface area contributed by atoms with E-state index in [1.54, 1.807) is 18.5 Å². The molecule has 4 rings (SSSR count). The molecule has 3 aromatic rings. The lowest BCUT2D eigenvalue weighted by Gasteiger charge is -2.25. The summed E-state index contributed by atoms with van der Waals surface area (Å²) < 4.78 is 5.25. The van der Waals surface area contributed by atoms with Gasteiger partial charge in [0.2, 0.25) is 23.4 Å². The van der Waals surface area contributed by atoms with Crippen molar-refractivity contribution in [1.29, 1.82) is 0 Å². The van der Waals surface area contributed by atoms with E-state index in [1.807, 2.05) is 4.90 Å². The molecule has 0 spiro atoms. The zero-order valence-electron chi connectivity index (χ0n) is 15.9. The third-order valence-electron chi connectivity index (χ3n) is 5.08. The number of likely N-dealkylation sites (tertiary alicyclic amines) is 1. The van der Waals surface area contributed by atoms with Gasteiger partial charge in [0.15, 0.2) is 0 Å². The van der Waals surface area contributed by atoms with Gasteiger partial charge >= 0.3 is 0 Å². The average Bonchev–Trinajstić information content (AvgIpc) is 3.38. The fourth-order valence-electron chi connectivity index (χ4n) is 3.59. The molecule has 2 aromatic heterocycles. The standard InChI is InChI=1S/C21H23N5O2/c1-15-5-7-16(8-6-15)14-17-4-2-13-26(17)19(27)10-9-18-24-21(25-28-18)20-22-11-3-12-23-20/h3,5-8,11-12,17H,2,4,9-10,13-14H2,1H3. The molecule has 1 aliphatic rings. The Bertz CT molecular complexity index is 923. The van der Waals surface area contributed by atoms with E-state index < -0.39 is 0 Å². The van der Waals surface area contributed by atoms with Crippen LogP contribution in [0, 0.1) is 6.92 Å². The summed E-state index contributed by atoms with van der Waals surface area (Å²) in [5.41, 5.74) is 2.53. The van der Waals surface area contributed by atoms with E-state index in [2.05, 4.69) is 51.3 Å². The molecule has 144 valence electrons. The van der Waals surface area contributed by atoms with E-state index in [-0.39, 0.29) is 11.9 Å². The molecule has 1 saturated heterocycles. The van der Waals surface area contributed by atoms with Crippen LogP contribution in [0.15, 0.2) is 47.2 Å². The monoisotopic (exact) mass is 377 g/mol. The third kappa shape index (κ3) is 4.24. The van der Waals surface area contributed by atoms with Gasteiger partial charge in [-0.05, 0) is 37.8 Å². The highest BCUT2D eigenvalue weighted by molar-refractivity contribution is 5.77. The van der Waals surface area contributed by atoms with Gasteiger partial charge in [-0.2, -0.15) is 4.98 Å². The minimum Gasteiger partial charge on any atom is -0.339 e. The van der Waals surface area contributed by atoms with Crippen LogP contribution in [0.25, 0.3) is 11.6 Å². The summed E-state index contributed by atoms with van der Waals surface area (Å²) in [7, 11) is 0. The molecule has 7 nitrogen and oxygen atoms in total. The van der Waals surface area contributed by atoms with Gasteiger partial charge in [0, 0.05) is 37.8 Å². The number of carbonyl (C=O) groups excluding carboxylic acids is 1. The van der Waals surface area contributed by atoms with E-state index in [1.165, 1.54) is 11.1 Å². The van der Waals surface area contributed by atoms with Crippen LogP contribution in [0.4, 0.5) is 0 Å². The highest BCUT2D eigenvalue weighted by Crippen LogP contribution is 2.23. The molecule has 1 aliphatic heterocycles. The minimum absolute atomic E-state index is 0.144. The zero-order valence-corrected chi connectivity index (χ0v) is 15.9. The molecule has 7 heteroatoms. The summed E-state index contributed by atoms with van der Waals surface area (Å²) in [5.74, 6) is 1.35. The van der Waals surface area contributed by atoms with Gasteiger partial charge in [0.25, 0.3) is 0 Å². The lowest BCUT2D eigenvalue weighted by atomic mass is 10.0. The van der Waals surface area contributed by atoms with Crippen molar-refractivity contribution in [3.8, 4) is 11.6 Å². The molecule has 3 heterocycles. The van der Waals surface area contributed by atoms with Gasteiger partial charge in [-0.3, -0.25) is 4.79 Å². The van der Waals surface area contributed by atoms with Crippen LogP contribution in [0.5, 0.6) is 0 Å². The number of aryl methyl sites for hydroxylation is 2. The molecule has 0 radical (unpaired) electrons. The molecule has 1 atom stereocenters. The second-order valence-electron chi connectivity index (χ2n) is 7.16. The third-order valence-corrected chi connectivity index (χ3v) is 5.08. The molecular weight excluding hydrogens is 354 g/mol. The predicted molar refractivity (Wildman–Crippen MR) is 103 cm³/mol. The van der Waals surface area contributed by atoms with Gasteiger partial charge in [-0.25, -0.2) is 9.97 Å². The maximum Gasteiger partial charge on any atom is 0.240 e. The minimum atomic E-state index is 0.144. The Hall–Kier alpha value is -3.09. The van der Waals surface area contributed by atoms with E-state index in [0.29, 0.717) is 30.4 Å². The van der Waals surface area contributed by atoms with E-state index in [9.17, 15) is 4.79 Å². The Morgan fingerprint density at radius 1 is 1.18 bits per heavy atom. The molecular formula is C21H23N5O2. The first-order valence-electron chi connectivity index (χ1n) is 9.64. The fourth-order valence-corrected chi connectivity index (χ4v) is 3.59. The number of aromatic nitrogens is 4. The molecule has 28 heavy (non-hydrogen) atoms. The van der Waals surface area contributed by atoms with Crippen molar-refractivity contribution in [3.63, 3.8) is 0 Å². The van der Waals surface area contributed by atoms with Gasteiger partial charge in [0.05, 0.1) is 0 Å². The molecule has 1 amide bonds. The first-order chi connectivity index (χ1) is 13.7. The Kier molecular flexibility index (Phi) is 5.41. The van der Waals surface area contributed by atoms with E-state index >= 15 is 0 Å². The Labute approximate surface area is 163 Å². The zero-order chi connectivity index (χ0) is 19.3. The summed E-state index contributed by atoms with van der Waals surface area (Å²) >= 11 is 0. The summed E-state index contributed by atoms with van der Waals surface area (Å²) in [6.45, 7) is 2.91. The van der Waals surface area contributed by atoms with Gasteiger partial charge in [-0.15, -0.1) is 0 Å². The first-order valence-corrected chi connectivity index (χ1v) is 9.64. The predicted octanol–water partition coefficient (Wildman–Crippen LogP) is 3.00. The highest BCUT2D eigenvalue weighted by atomic mass is 16.5. The summed E-state index contributed by atoms with van der Waals surface area (Å²) in [5, 5.41) is 3.90. The molecule has 0 bridgehead atoms. The second kappa shape index (κ2) is 8.29. The van der Waals surface area contributed by atoms with Crippen LogP contribution in [-0.4, -0.2) is 43.5 Å². The highest BCUT2D eigenvalue weighted by Gasteiger charge is 2.28. The summed E-state index contributed by atoms with van der Waals surface area (Å²) in [6.07, 6.45) is 7.05. The number of rotatable bonds is 6. The second-order valence-corrected chi connectivity index (χ2v) is 7.16. The molecule has 1 aromatic carbocycles. The van der Waals surface area contributed by atoms with Crippen molar-refractivity contribution in [3.05, 3.63) is 59.7 Å². The van der Waals surface area contributed by atoms with E-state index in [4.69, 9.17) is 4.52 Å². The topological polar surface area (TPSA) is 85.0 Å². The number of nitrogens with zero attached hydrogens (tertiary/aromatic N) is 5. The lowest BCUT2D eigenvalue weighted by molar-refractivity contribution is -0.132. The van der Waals surface area contributed by atoms with Crippen LogP contribution in [0.2, 0.25) is 0 Å². The Morgan fingerprint density at radius 3 is 2.75 bits per heavy atom. The van der Waals surface area contributed by atoms with Crippen LogP contribution in [-0.2, 0) is 17.6 Å². The van der Waals surface area contributed by atoms with Gasteiger partial charge in [0.1, 0.15) is 0 Å². The lowest BCUT2D eigenvalue weighted by Crippen LogP contribution is -2.36. The fraction of sp³-hybridized carbons (Fsp3) is 0.381. The van der Waals surface area contributed by atoms with Crippen LogP contribution < -0.4 is 0 Å². The Morgan fingerprint density at radius 2 is 1.96 bits per heavy atom. The van der Waals surface area contributed by atoms with E-state index in [0.717, 1.165) is 25.8 Å². The van der Waals surface area contributed by atoms with Crippen molar-refractivity contribution in [2.24, 2.45) is 0 Å². The van der Waals surface area contributed by atoms with Crippen LogP contribution in [0.1, 0.15) is 36.3 Å². The number of benzene rings is 1. The van der Waals surface area contributed by atoms with Gasteiger partial charge in [-0.1, -0.05) is 35.0 Å². The maximum atomic E-state index is 12.8. The first kappa shape index (κ1) is 18.3. The van der Waals surface area contributed by atoms with Crippen molar-refractivity contribution in [2.45, 2.75) is 45.1 Å². The molecule has 1 unspecified atom stereocenters.